The van der Waals surface area contributed by atoms with Crippen molar-refractivity contribution in [3.63, 3.8) is 0 Å². The highest BCUT2D eigenvalue weighted by atomic mass is 35.5. The summed E-state index contributed by atoms with van der Waals surface area (Å²) < 4.78 is 5.16. The van der Waals surface area contributed by atoms with E-state index in [1.165, 1.54) is 11.1 Å². The van der Waals surface area contributed by atoms with Crippen LogP contribution in [0, 0.1) is 0 Å². The Morgan fingerprint density at radius 2 is 1.67 bits per heavy atom. The molecule has 0 bridgehead atoms. The van der Waals surface area contributed by atoms with Crippen molar-refractivity contribution in [1.29, 1.82) is 0 Å². The second-order valence-corrected chi connectivity index (χ2v) is 5.04. The maximum absolute atomic E-state index is 6.04. The monoisotopic (exact) mass is 263 g/mol. The highest BCUT2D eigenvalue weighted by Gasteiger charge is 2.17. The van der Waals surface area contributed by atoms with E-state index in [1.54, 1.807) is 6.26 Å². The molecule has 1 N–H and O–H groups in total. The van der Waals surface area contributed by atoms with E-state index in [2.05, 4.69) is 43.4 Å². The molecule has 0 aliphatic heterocycles. The van der Waals surface area contributed by atoms with Gasteiger partial charge < -0.3 is 9.73 Å². The zero-order valence-electron chi connectivity index (χ0n) is 10.9. The van der Waals surface area contributed by atoms with E-state index in [1.807, 2.05) is 13.1 Å². The third-order valence-electron chi connectivity index (χ3n) is 3.18. The fourth-order valence-corrected chi connectivity index (χ4v) is 2.31. The lowest BCUT2D eigenvalue weighted by molar-refractivity contribution is 0.559. The molecule has 1 aromatic heterocycles. The molecule has 18 heavy (non-hydrogen) atoms. The maximum atomic E-state index is 6.04. The SMILES string of the molecule is CNC(c1ccc(C(C)C)cc1)c1ccoc1Cl. The first-order chi connectivity index (χ1) is 8.63. The molecule has 0 spiro atoms. The zero-order valence-corrected chi connectivity index (χ0v) is 11.7. The van der Waals surface area contributed by atoms with Crippen LogP contribution in [-0.4, -0.2) is 7.05 Å². The van der Waals surface area contributed by atoms with Crippen molar-refractivity contribution in [2.24, 2.45) is 0 Å². The summed E-state index contributed by atoms with van der Waals surface area (Å²) in [6.07, 6.45) is 1.62. The average molecular weight is 264 g/mol. The Balaban J connectivity index is 2.31. The number of hydrogen-bond acceptors (Lipinski definition) is 2. The summed E-state index contributed by atoms with van der Waals surface area (Å²) in [5, 5.41) is 3.71. The summed E-state index contributed by atoms with van der Waals surface area (Å²) in [6, 6.07) is 10.6. The van der Waals surface area contributed by atoms with Crippen LogP contribution in [0.2, 0.25) is 5.22 Å². The van der Waals surface area contributed by atoms with Gasteiger partial charge in [0.1, 0.15) is 0 Å². The van der Waals surface area contributed by atoms with Gasteiger partial charge in [-0.05, 0) is 41.8 Å². The number of benzene rings is 1. The molecule has 96 valence electrons. The van der Waals surface area contributed by atoms with Crippen LogP contribution in [-0.2, 0) is 0 Å². The van der Waals surface area contributed by atoms with Crippen LogP contribution in [0.1, 0.15) is 42.5 Å². The smallest absolute Gasteiger partial charge is 0.198 e. The molecule has 0 aliphatic rings. The Kier molecular flexibility index (Phi) is 4.10. The molecule has 0 saturated heterocycles. The molecule has 1 heterocycles. The van der Waals surface area contributed by atoms with Crippen molar-refractivity contribution in [3.05, 3.63) is 58.5 Å². The molecule has 0 amide bonds. The van der Waals surface area contributed by atoms with Crippen LogP contribution in [0.3, 0.4) is 0 Å². The molecule has 1 atom stereocenters. The summed E-state index contributed by atoms with van der Waals surface area (Å²) in [5.41, 5.74) is 3.49. The van der Waals surface area contributed by atoms with Crippen LogP contribution in [0.5, 0.6) is 0 Å². The van der Waals surface area contributed by atoms with E-state index in [0.717, 1.165) is 5.56 Å². The molecule has 0 aliphatic carbocycles. The lowest BCUT2D eigenvalue weighted by Crippen LogP contribution is -2.17. The van der Waals surface area contributed by atoms with Gasteiger partial charge in [-0.25, -0.2) is 0 Å². The second kappa shape index (κ2) is 5.59. The Labute approximate surface area is 113 Å². The summed E-state index contributed by atoms with van der Waals surface area (Å²) in [7, 11) is 1.92. The van der Waals surface area contributed by atoms with E-state index >= 15 is 0 Å². The fourth-order valence-electron chi connectivity index (χ4n) is 2.09. The molecule has 1 unspecified atom stereocenters. The predicted molar refractivity (Wildman–Crippen MR) is 75.2 cm³/mol. The van der Waals surface area contributed by atoms with Crippen LogP contribution in [0.25, 0.3) is 0 Å². The predicted octanol–water partition coefficient (Wildman–Crippen LogP) is 4.37. The minimum Gasteiger partial charge on any atom is -0.453 e. The van der Waals surface area contributed by atoms with E-state index in [0.29, 0.717) is 11.1 Å². The topological polar surface area (TPSA) is 25.2 Å². The lowest BCUT2D eigenvalue weighted by Gasteiger charge is -2.16. The summed E-state index contributed by atoms with van der Waals surface area (Å²) in [4.78, 5) is 0. The third kappa shape index (κ3) is 2.60. The Morgan fingerprint density at radius 3 is 2.11 bits per heavy atom. The van der Waals surface area contributed by atoms with Gasteiger partial charge in [-0.15, -0.1) is 0 Å². The quantitative estimate of drug-likeness (QED) is 0.886. The average Bonchev–Trinajstić information content (AvgIpc) is 2.78. The van der Waals surface area contributed by atoms with Gasteiger partial charge in [0.15, 0.2) is 5.22 Å². The Bertz CT molecular complexity index is 501. The van der Waals surface area contributed by atoms with E-state index < -0.39 is 0 Å². The molecule has 0 fully saturated rings. The van der Waals surface area contributed by atoms with Crippen molar-refractivity contribution in [2.75, 3.05) is 7.05 Å². The number of nitrogens with one attached hydrogen (secondary N) is 1. The first kappa shape index (κ1) is 13.2. The van der Waals surface area contributed by atoms with E-state index in [-0.39, 0.29) is 6.04 Å². The fraction of sp³-hybridized carbons (Fsp3) is 0.333. The first-order valence-corrected chi connectivity index (χ1v) is 6.51. The van der Waals surface area contributed by atoms with E-state index in [9.17, 15) is 0 Å². The van der Waals surface area contributed by atoms with Gasteiger partial charge in [-0.2, -0.15) is 0 Å². The third-order valence-corrected chi connectivity index (χ3v) is 3.49. The van der Waals surface area contributed by atoms with Crippen molar-refractivity contribution in [3.8, 4) is 0 Å². The normalized spacial score (nSPS) is 12.9. The zero-order chi connectivity index (χ0) is 13.1. The molecule has 2 rings (SSSR count). The molecule has 3 heteroatoms. The van der Waals surface area contributed by atoms with Gasteiger partial charge in [-0.1, -0.05) is 38.1 Å². The largest absolute Gasteiger partial charge is 0.453 e. The van der Waals surface area contributed by atoms with Gasteiger partial charge in [-0.3, -0.25) is 0 Å². The molecular weight excluding hydrogens is 246 g/mol. The molecule has 0 saturated carbocycles. The van der Waals surface area contributed by atoms with E-state index in [4.69, 9.17) is 16.0 Å². The van der Waals surface area contributed by atoms with Gasteiger partial charge in [0.05, 0.1) is 12.3 Å². The summed E-state index contributed by atoms with van der Waals surface area (Å²) in [6.45, 7) is 4.38. The minimum atomic E-state index is 0.0671. The summed E-state index contributed by atoms with van der Waals surface area (Å²) in [5.74, 6) is 0.546. The maximum Gasteiger partial charge on any atom is 0.198 e. The van der Waals surface area contributed by atoms with Gasteiger partial charge >= 0.3 is 0 Å². The van der Waals surface area contributed by atoms with Crippen LogP contribution < -0.4 is 5.32 Å². The highest BCUT2D eigenvalue weighted by molar-refractivity contribution is 6.29. The first-order valence-electron chi connectivity index (χ1n) is 6.13. The van der Waals surface area contributed by atoms with Gasteiger partial charge in [0.2, 0.25) is 0 Å². The van der Waals surface area contributed by atoms with Crippen LogP contribution >= 0.6 is 11.6 Å². The number of hydrogen-bond donors (Lipinski definition) is 1. The molecule has 2 nitrogen and oxygen atoms in total. The van der Waals surface area contributed by atoms with Gasteiger partial charge in [0, 0.05) is 5.56 Å². The highest BCUT2D eigenvalue weighted by Crippen LogP contribution is 2.29. The van der Waals surface area contributed by atoms with Crippen molar-refractivity contribution >= 4 is 11.6 Å². The Hall–Kier alpha value is -1.25. The minimum absolute atomic E-state index is 0.0671. The molecular formula is C15H18ClNO. The summed E-state index contributed by atoms with van der Waals surface area (Å²) >= 11 is 6.04. The van der Waals surface area contributed by atoms with Crippen molar-refractivity contribution in [1.82, 2.24) is 5.32 Å². The van der Waals surface area contributed by atoms with Crippen LogP contribution in [0.15, 0.2) is 41.0 Å². The number of halogens is 1. The standard InChI is InChI=1S/C15H18ClNO/c1-10(2)11-4-6-12(7-5-11)14(17-3)13-8-9-18-15(13)16/h4-10,14,17H,1-3H3. The Morgan fingerprint density at radius 1 is 1.06 bits per heavy atom. The van der Waals surface area contributed by atoms with Crippen molar-refractivity contribution in [2.45, 2.75) is 25.8 Å². The second-order valence-electron chi connectivity index (χ2n) is 4.69. The van der Waals surface area contributed by atoms with Crippen molar-refractivity contribution < 1.29 is 4.42 Å². The number of furan rings is 1. The lowest BCUT2D eigenvalue weighted by atomic mass is 9.97. The molecule has 1 aromatic carbocycles. The molecule has 0 radical (unpaired) electrons. The van der Waals surface area contributed by atoms with Crippen LogP contribution in [0.4, 0.5) is 0 Å². The van der Waals surface area contributed by atoms with Gasteiger partial charge in [0.25, 0.3) is 0 Å². The number of rotatable bonds is 4. The molecule has 2 aromatic rings.